The highest BCUT2D eigenvalue weighted by Crippen LogP contribution is 2.18. The smallest absolute Gasteiger partial charge is 0.146 e. The topological polar surface area (TPSA) is 17.3 Å². The van der Waals surface area contributed by atoms with Crippen molar-refractivity contribution in [2.75, 3.05) is 31.1 Å². The minimum absolute atomic E-state index is 0.135. The van der Waals surface area contributed by atoms with Crippen LogP contribution in [0.1, 0.15) is 0 Å². The second-order valence-electron chi connectivity index (χ2n) is 3.11. The summed E-state index contributed by atoms with van der Waals surface area (Å²) in [6.07, 6.45) is 0. The van der Waals surface area contributed by atoms with Crippen LogP contribution < -0.4 is 10.2 Å². The van der Waals surface area contributed by atoms with E-state index in [0.29, 0.717) is 5.69 Å². The summed E-state index contributed by atoms with van der Waals surface area (Å²) in [5, 5.41) is 4.22. The molecule has 0 saturated carbocycles. The first-order valence-corrected chi connectivity index (χ1v) is 4.50. The van der Waals surface area contributed by atoms with Gasteiger partial charge in [-0.2, -0.15) is 0 Å². The second kappa shape index (κ2) is 3.75. The summed E-state index contributed by atoms with van der Waals surface area (Å²) in [6.45, 7) is 3.30. The van der Waals surface area contributed by atoms with E-state index >= 15 is 0 Å². The molecule has 13 heavy (non-hydrogen) atoms. The minimum atomic E-state index is -0.135. The molecule has 1 aliphatic heterocycles. The van der Waals surface area contributed by atoms with Crippen molar-refractivity contribution >= 4 is 5.69 Å². The molecule has 2 nitrogen and oxygen atoms in total. The van der Waals surface area contributed by atoms with Crippen LogP contribution in [0.2, 0.25) is 0 Å². The number of hydrogen-bond donors (Lipinski definition) is 0. The van der Waals surface area contributed by atoms with E-state index in [1.165, 1.54) is 6.07 Å². The Labute approximate surface area is 77.4 Å². The first kappa shape index (κ1) is 8.51. The van der Waals surface area contributed by atoms with Gasteiger partial charge in [0.25, 0.3) is 0 Å². The van der Waals surface area contributed by atoms with Gasteiger partial charge in [0.15, 0.2) is 0 Å². The molecule has 1 aliphatic rings. The third-order valence-electron chi connectivity index (χ3n) is 2.25. The predicted molar refractivity (Wildman–Crippen MR) is 50.5 cm³/mol. The van der Waals surface area contributed by atoms with Gasteiger partial charge >= 0.3 is 0 Å². The summed E-state index contributed by atoms with van der Waals surface area (Å²) >= 11 is 0. The van der Waals surface area contributed by atoms with E-state index in [1.807, 2.05) is 17.0 Å². The molecule has 1 saturated heterocycles. The van der Waals surface area contributed by atoms with E-state index < -0.39 is 0 Å². The van der Waals surface area contributed by atoms with Gasteiger partial charge < -0.3 is 4.90 Å². The Morgan fingerprint density at radius 1 is 1.15 bits per heavy atom. The van der Waals surface area contributed by atoms with Crippen molar-refractivity contribution in [3.63, 3.8) is 0 Å². The standard InChI is InChI=1S/C10H12FN2/c11-9-3-1-2-4-10(9)13-7-5-12-6-8-13/h1-4H,5-8H2. The molecule has 1 aromatic carbocycles. The third-order valence-corrected chi connectivity index (χ3v) is 2.25. The maximum atomic E-state index is 13.3. The van der Waals surface area contributed by atoms with Crippen molar-refractivity contribution in [1.29, 1.82) is 0 Å². The molecule has 1 radical (unpaired) electrons. The summed E-state index contributed by atoms with van der Waals surface area (Å²) in [5.74, 6) is -0.135. The Morgan fingerprint density at radius 3 is 2.54 bits per heavy atom. The number of anilines is 1. The Kier molecular flexibility index (Phi) is 2.45. The van der Waals surface area contributed by atoms with Gasteiger partial charge in [-0.1, -0.05) is 12.1 Å². The molecule has 0 N–H and O–H groups in total. The van der Waals surface area contributed by atoms with Crippen molar-refractivity contribution in [2.24, 2.45) is 0 Å². The fourth-order valence-electron chi connectivity index (χ4n) is 1.56. The van der Waals surface area contributed by atoms with Gasteiger partial charge in [0.1, 0.15) is 5.82 Å². The Morgan fingerprint density at radius 2 is 1.85 bits per heavy atom. The van der Waals surface area contributed by atoms with Crippen LogP contribution >= 0.6 is 0 Å². The van der Waals surface area contributed by atoms with Crippen molar-refractivity contribution in [2.45, 2.75) is 0 Å². The summed E-state index contributed by atoms with van der Waals surface area (Å²) in [4.78, 5) is 2.04. The number of nitrogens with zero attached hydrogens (tertiary/aromatic N) is 2. The second-order valence-corrected chi connectivity index (χ2v) is 3.11. The van der Waals surface area contributed by atoms with Crippen molar-refractivity contribution in [3.05, 3.63) is 30.1 Å². The van der Waals surface area contributed by atoms with Gasteiger partial charge in [-0.15, -0.1) is 0 Å². The Hall–Kier alpha value is -1.09. The maximum absolute atomic E-state index is 13.3. The highest BCUT2D eigenvalue weighted by atomic mass is 19.1. The van der Waals surface area contributed by atoms with Gasteiger partial charge in [0.2, 0.25) is 0 Å². The molecule has 0 aromatic heterocycles. The number of benzene rings is 1. The zero-order valence-corrected chi connectivity index (χ0v) is 7.41. The van der Waals surface area contributed by atoms with Gasteiger partial charge in [0.05, 0.1) is 5.69 Å². The summed E-state index contributed by atoms with van der Waals surface area (Å²) in [7, 11) is 0. The minimum Gasteiger partial charge on any atom is -0.366 e. The van der Waals surface area contributed by atoms with E-state index in [-0.39, 0.29) is 5.82 Å². The van der Waals surface area contributed by atoms with Crippen LogP contribution in [0.4, 0.5) is 10.1 Å². The highest BCUT2D eigenvalue weighted by molar-refractivity contribution is 5.47. The van der Waals surface area contributed by atoms with E-state index in [1.54, 1.807) is 6.07 Å². The van der Waals surface area contributed by atoms with Gasteiger partial charge in [0, 0.05) is 26.2 Å². The largest absolute Gasteiger partial charge is 0.366 e. The molecule has 1 heterocycles. The van der Waals surface area contributed by atoms with Gasteiger partial charge in [-0.3, -0.25) is 0 Å². The molecule has 1 aromatic rings. The highest BCUT2D eigenvalue weighted by Gasteiger charge is 2.13. The lowest BCUT2D eigenvalue weighted by molar-refractivity contribution is 0.559. The van der Waals surface area contributed by atoms with Crippen LogP contribution in [0.15, 0.2) is 24.3 Å². The fourth-order valence-corrected chi connectivity index (χ4v) is 1.56. The van der Waals surface area contributed by atoms with E-state index in [0.717, 1.165) is 26.2 Å². The molecule has 0 atom stereocenters. The van der Waals surface area contributed by atoms with E-state index in [2.05, 4.69) is 5.32 Å². The van der Waals surface area contributed by atoms with Crippen LogP contribution in [0.5, 0.6) is 0 Å². The van der Waals surface area contributed by atoms with Gasteiger partial charge in [-0.25, -0.2) is 9.71 Å². The number of para-hydroxylation sites is 1. The van der Waals surface area contributed by atoms with Crippen LogP contribution in [0, 0.1) is 5.82 Å². The number of piperazine rings is 1. The average molecular weight is 179 g/mol. The van der Waals surface area contributed by atoms with Crippen LogP contribution in [-0.4, -0.2) is 26.2 Å². The SMILES string of the molecule is Fc1ccccc1N1CC[N]CC1. The van der Waals surface area contributed by atoms with E-state index in [9.17, 15) is 4.39 Å². The Balaban J connectivity index is 2.18. The van der Waals surface area contributed by atoms with Crippen LogP contribution in [0.3, 0.4) is 0 Å². The van der Waals surface area contributed by atoms with Crippen LogP contribution in [-0.2, 0) is 0 Å². The fraction of sp³-hybridized carbons (Fsp3) is 0.400. The molecule has 0 unspecified atom stereocenters. The molecular weight excluding hydrogens is 167 g/mol. The van der Waals surface area contributed by atoms with Crippen molar-refractivity contribution < 1.29 is 4.39 Å². The lowest BCUT2D eigenvalue weighted by Gasteiger charge is -2.28. The summed E-state index contributed by atoms with van der Waals surface area (Å²) < 4.78 is 13.3. The predicted octanol–water partition coefficient (Wildman–Crippen LogP) is 1.25. The molecule has 2 rings (SSSR count). The quantitative estimate of drug-likeness (QED) is 0.634. The zero-order chi connectivity index (χ0) is 9.10. The number of rotatable bonds is 1. The van der Waals surface area contributed by atoms with Crippen molar-refractivity contribution in [1.82, 2.24) is 5.32 Å². The normalized spacial score (nSPS) is 17.5. The first-order chi connectivity index (χ1) is 6.38. The zero-order valence-electron chi connectivity index (χ0n) is 7.41. The molecule has 69 valence electrons. The molecular formula is C10H12FN2. The van der Waals surface area contributed by atoms with Crippen LogP contribution in [0.25, 0.3) is 0 Å². The molecule has 3 heteroatoms. The monoisotopic (exact) mass is 179 g/mol. The molecule has 0 amide bonds. The molecule has 0 aliphatic carbocycles. The lowest BCUT2D eigenvalue weighted by Crippen LogP contribution is -2.40. The lowest BCUT2D eigenvalue weighted by atomic mass is 10.2. The van der Waals surface area contributed by atoms with Crippen molar-refractivity contribution in [3.8, 4) is 0 Å². The van der Waals surface area contributed by atoms with E-state index in [4.69, 9.17) is 0 Å². The average Bonchev–Trinajstić information content (AvgIpc) is 2.20. The number of halogens is 1. The third kappa shape index (κ3) is 1.80. The molecule has 1 fully saturated rings. The summed E-state index contributed by atoms with van der Waals surface area (Å²) in [6, 6.07) is 6.90. The maximum Gasteiger partial charge on any atom is 0.146 e. The molecule has 0 bridgehead atoms. The summed E-state index contributed by atoms with van der Waals surface area (Å²) in [5.41, 5.74) is 0.706. The Bertz CT molecular complexity index is 282. The number of hydrogen-bond acceptors (Lipinski definition) is 1. The first-order valence-electron chi connectivity index (χ1n) is 4.50. The molecule has 0 spiro atoms. The van der Waals surface area contributed by atoms with Gasteiger partial charge in [-0.05, 0) is 12.1 Å².